The third-order valence-electron chi connectivity index (χ3n) is 4.06. The highest BCUT2D eigenvalue weighted by Gasteiger charge is 2.12. The van der Waals surface area contributed by atoms with Crippen molar-refractivity contribution in [3.05, 3.63) is 93.2 Å². The largest absolute Gasteiger partial charge is 0.486 e. The molecule has 2 aromatic heterocycles. The summed E-state index contributed by atoms with van der Waals surface area (Å²) in [6.45, 7) is 2.03. The highest BCUT2D eigenvalue weighted by molar-refractivity contribution is 7.12. The zero-order chi connectivity index (χ0) is 18.6. The van der Waals surface area contributed by atoms with Gasteiger partial charge in [-0.05, 0) is 42.6 Å². The van der Waals surface area contributed by atoms with Crippen molar-refractivity contribution < 1.29 is 4.74 Å². The first-order valence-corrected chi connectivity index (χ1v) is 9.38. The first kappa shape index (κ1) is 17.2. The van der Waals surface area contributed by atoms with Gasteiger partial charge in [-0.1, -0.05) is 36.4 Å². The molecule has 0 atom stereocenters. The summed E-state index contributed by atoms with van der Waals surface area (Å²) in [6.07, 6.45) is 0. The molecule has 0 aliphatic carbocycles. The minimum atomic E-state index is -0.205. The van der Waals surface area contributed by atoms with Crippen molar-refractivity contribution in [1.29, 1.82) is 0 Å². The molecule has 0 fully saturated rings. The Morgan fingerprint density at radius 1 is 1.07 bits per heavy atom. The second-order valence-corrected chi connectivity index (χ2v) is 6.87. The second-order valence-electron chi connectivity index (χ2n) is 5.93. The van der Waals surface area contributed by atoms with E-state index in [1.807, 2.05) is 73.0 Å². The van der Waals surface area contributed by atoms with Crippen LogP contribution in [0.4, 0.5) is 0 Å². The van der Waals surface area contributed by atoms with Crippen molar-refractivity contribution in [2.24, 2.45) is 5.10 Å². The maximum absolute atomic E-state index is 13.0. The van der Waals surface area contributed by atoms with Gasteiger partial charge in [-0.3, -0.25) is 4.79 Å². The zero-order valence-electron chi connectivity index (χ0n) is 14.7. The molecule has 4 rings (SSSR count). The maximum Gasteiger partial charge on any atom is 0.282 e. The molecule has 0 aliphatic heterocycles. The molecule has 0 unspecified atom stereocenters. The van der Waals surface area contributed by atoms with Crippen LogP contribution in [0.3, 0.4) is 0 Å². The number of rotatable bonds is 5. The topological polar surface area (TPSA) is 56.5 Å². The minimum Gasteiger partial charge on any atom is -0.486 e. The molecule has 0 amide bonds. The Bertz CT molecular complexity index is 1150. The van der Waals surface area contributed by atoms with E-state index in [0.29, 0.717) is 22.5 Å². The molecule has 0 saturated carbocycles. The van der Waals surface area contributed by atoms with E-state index >= 15 is 0 Å². The number of aromatic nitrogens is 2. The Kier molecular flexibility index (Phi) is 4.80. The third kappa shape index (κ3) is 3.66. The highest BCUT2D eigenvalue weighted by Crippen LogP contribution is 2.14. The Balaban J connectivity index is 1.80. The Morgan fingerprint density at radius 3 is 2.63 bits per heavy atom. The number of para-hydroxylation sites is 2. The fraction of sp³-hybridized carbons (Fsp3) is 0.0952. The van der Waals surface area contributed by atoms with E-state index in [2.05, 4.69) is 10.1 Å². The summed E-state index contributed by atoms with van der Waals surface area (Å²) in [6, 6.07) is 20.7. The fourth-order valence-electron chi connectivity index (χ4n) is 2.71. The van der Waals surface area contributed by atoms with Crippen molar-refractivity contribution in [3.8, 4) is 5.75 Å². The molecular formula is C21H17N3O2S. The van der Waals surface area contributed by atoms with Crippen LogP contribution in [0, 0.1) is 0 Å². The van der Waals surface area contributed by atoms with Crippen molar-refractivity contribution in [2.75, 3.05) is 0 Å². The molecule has 0 radical (unpaired) electrons. The SMILES string of the molecule is C/C(=N/n1c(COc2ccccc2)nc2ccccc2c1=O)c1cccs1. The minimum absolute atomic E-state index is 0.144. The van der Waals surface area contributed by atoms with Crippen molar-refractivity contribution in [2.45, 2.75) is 13.5 Å². The predicted molar refractivity (Wildman–Crippen MR) is 109 cm³/mol. The summed E-state index contributed by atoms with van der Waals surface area (Å²) < 4.78 is 7.17. The van der Waals surface area contributed by atoms with Gasteiger partial charge in [0, 0.05) is 0 Å². The van der Waals surface area contributed by atoms with Gasteiger partial charge < -0.3 is 4.74 Å². The van der Waals surface area contributed by atoms with Gasteiger partial charge in [0.2, 0.25) is 0 Å². The second kappa shape index (κ2) is 7.55. The van der Waals surface area contributed by atoms with E-state index in [-0.39, 0.29) is 12.2 Å². The van der Waals surface area contributed by atoms with Crippen LogP contribution >= 0.6 is 11.3 Å². The number of nitrogens with zero attached hydrogens (tertiary/aromatic N) is 3. The van der Waals surface area contributed by atoms with E-state index in [4.69, 9.17) is 4.74 Å². The molecule has 0 aliphatic rings. The van der Waals surface area contributed by atoms with Gasteiger partial charge in [-0.15, -0.1) is 11.3 Å². The Hall–Kier alpha value is -3.25. The number of ether oxygens (including phenoxy) is 1. The van der Waals surface area contributed by atoms with E-state index in [9.17, 15) is 4.79 Å². The van der Waals surface area contributed by atoms with Gasteiger partial charge in [0.05, 0.1) is 21.5 Å². The average molecular weight is 375 g/mol. The lowest BCUT2D eigenvalue weighted by Crippen LogP contribution is -2.24. The Labute approximate surface area is 160 Å². The van der Waals surface area contributed by atoms with Gasteiger partial charge in [-0.25, -0.2) is 4.98 Å². The van der Waals surface area contributed by atoms with Gasteiger partial charge >= 0.3 is 0 Å². The molecule has 0 bridgehead atoms. The van der Waals surface area contributed by atoms with Crippen LogP contribution in [0.2, 0.25) is 0 Å². The van der Waals surface area contributed by atoms with Crippen LogP contribution < -0.4 is 10.3 Å². The molecule has 4 aromatic rings. The summed E-state index contributed by atoms with van der Waals surface area (Å²) in [4.78, 5) is 18.7. The number of benzene rings is 2. The number of fused-ring (bicyclic) bond motifs is 1. The van der Waals surface area contributed by atoms with Gasteiger partial charge in [0.1, 0.15) is 12.4 Å². The lowest BCUT2D eigenvalue weighted by atomic mass is 10.2. The summed E-state index contributed by atoms with van der Waals surface area (Å²) in [5, 5.41) is 7.06. The summed E-state index contributed by atoms with van der Waals surface area (Å²) in [7, 11) is 0. The van der Waals surface area contributed by atoms with Crippen LogP contribution in [0.15, 0.2) is 82.0 Å². The van der Waals surface area contributed by atoms with Crippen molar-refractivity contribution in [1.82, 2.24) is 9.66 Å². The van der Waals surface area contributed by atoms with Crippen LogP contribution in [0.1, 0.15) is 17.6 Å². The normalized spacial score (nSPS) is 11.7. The number of thiophene rings is 1. The fourth-order valence-corrected chi connectivity index (χ4v) is 3.39. The van der Waals surface area contributed by atoms with Crippen molar-refractivity contribution in [3.63, 3.8) is 0 Å². The van der Waals surface area contributed by atoms with Crippen molar-refractivity contribution >= 4 is 28.0 Å². The van der Waals surface area contributed by atoms with E-state index in [1.165, 1.54) is 4.68 Å². The molecule has 2 heterocycles. The first-order valence-electron chi connectivity index (χ1n) is 8.50. The lowest BCUT2D eigenvalue weighted by molar-refractivity contribution is 0.289. The monoisotopic (exact) mass is 375 g/mol. The summed E-state index contributed by atoms with van der Waals surface area (Å²) in [5.74, 6) is 1.17. The molecular weight excluding hydrogens is 358 g/mol. The quantitative estimate of drug-likeness (QED) is 0.489. The van der Waals surface area contributed by atoms with Gasteiger partial charge in [-0.2, -0.15) is 9.78 Å². The molecule has 2 aromatic carbocycles. The zero-order valence-corrected chi connectivity index (χ0v) is 15.5. The summed E-state index contributed by atoms with van der Waals surface area (Å²) in [5.41, 5.74) is 1.18. The standard InChI is InChI=1S/C21H17N3O2S/c1-15(19-12-7-13-27-19)23-24-20(14-26-16-8-3-2-4-9-16)22-18-11-6-5-10-17(18)21(24)25/h2-13H,14H2,1H3/b23-15-. The molecule has 0 N–H and O–H groups in total. The van der Waals surface area contributed by atoms with Gasteiger partial charge in [0.25, 0.3) is 5.56 Å². The number of hydrogen-bond acceptors (Lipinski definition) is 5. The lowest BCUT2D eigenvalue weighted by Gasteiger charge is -2.11. The average Bonchev–Trinajstić information content (AvgIpc) is 3.24. The highest BCUT2D eigenvalue weighted by atomic mass is 32.1. The van der Waals surface area contributed by atoms with Crippen LogP contribution in [-0.4, -0.2) is 15.4 Å². The molecule has 27 heavy (non-hydrogen) atoms. The molecule has 6 heteroatoms. The predicted octanol–water partition coefficient (Wildman–Crippen LogP) is 4.31. The third-order valence-corrected chi connectivity index (χ3v) is 5.04. The van der Waals surface area contributed by atoms with Crippen LogP contribution in [0.5, 0.6) is 5.75 Å². The van der Waals surface area contributed by atoms with Crippen LogP contribution in [0.25, 0.3) is 10.9 Å². The molecule has 134 valence electrons. The molecule has 5 nitrogen and oxygen atoms in total. The van der Waals surface area contributed by atoms with E-state index in [1.54, 1.807) is 17.4 Å². The maximum atomic E-state index is 13.0. The first-order chi connectivity index (χ1) is 13.2. The number of hydrogen-bond donors (Lipinski definition) is 0. The Morgan fingerprint density at radius 2 is 1.85 bits per heavy atom. The molecule has 0 saturated heterocycles. The van der Waals surface area contributed by atoms with Gasteiger partial charge in [0.15, 0.2) is 5.82 Å². The smallest absolute Gasteiger partial charge is 0.282 e. The van der Waals surface area contributed by atoms with E-state index in [0.717, 1.165) is 10.6 Å². The van der Waals surface area contributed by atoms with Crippen LogP contribution in [-0.2, 0) is 6.61 Å². The molecule has 0 spiro atoms. The summed E-state index contributed by atoms with van der Waals surface area (Å²) >= 11 is 1.58. The van der Waals surface area contributed by atoms with E-state index < -0.39 is 0 Å².